The van der Waals surface area contributed by atoms with Gasteiger partial charge in [0, 0.05) is 37.5 Å². The number of thioether (sulfide) groups is 1. The van der Waals surface area contributed by atoms with Gasteiger partial charge in [0.25, 0.3) is 0 Å². The Morgan fingerprint density at radius 1 is 1.12 bits per heavy atom. The second-order valence-electron chi connectivity index (χ2n) is 8.99. The molecule has 1 aliphatic rings. The normalized spacial score (nSPS) is 19.4. The van der Waals surface area contributed by atoms with E-state index in [2.05, 4.69) is 10.6 Å². The third-order valence-corrected chi connectivity index (χ3v) is 5.88. The van der Waals surface area contributed by atoms with Gasteiger partial charge in [-0.3, -0.25) is 19.2 Å². The van der Waals surface area contributed by atoms with Crippen LogP contribution in [0.2, 0.25) is 0 Å². The van der Waals surface area contributed by atoms with Crippen LogP contribution in [0.5, 0.6) is 0 Å². The Kier molecular flexibility index (Phi) is 12.0. The molecule has 0 radical (unpaired) electrons. The van der Waals surface area contributed by atoms with E-state index in [9.17, 15) is 24.0 Å². The minimum atomic E-state index is -1.02. The number of rotatable bonds is 12. The quantitative estimate of drug-likeness (QED) is 0.291. The molecule has 11 nitrogen and oxygen atoms in total. The minimum Gasteiger partial charge on any atom is -0.467 e. The molecule has 0 aromatic rings. The smallest absolute Gasteiger partial charge is 0.329 e. The molecule has 1 fully saturated rings. The lowest BCUT2D eigenvalue weighted by molar-refractivity contribution is -0.304. The van der Waals surface area contributed by atoms with Gasteiger partial charge in [-0.2, -0.15) is 0 Å². The average Bonchev–Trinajstić information content (AvgIpc) is 2.75. The zero-order valence-electron chi connectivity index (χ0n) is 20.7. The van der Waals surface area contributed by atoms with Crippen molar-refractivity contribution in [2.24, 2.45) is 5.41 Å². The predicted molar refractivity (Wildman–Crippen MR) is 124 cm³/mol. The van der Waals surface area contributed by atoms with Gasteiger partial charge in [0.05, 0.1) is 20.3 Å². The average molecular weight is 505 g/mol. The standard InChI is InChI=1S/C22H36N2O9S/c1-14(25)31-11-7-8-17(27)34-12-15(20(29)30-6)24-16(26)9-10-23-19(28)18-21(2,3)13-32-22(4,5)33-18/h15,18H,7-13H2,1-6H3,(H,23,28)(H,24,26)/t15-,18-/m0/s1. The van der Waals surface area contributed by atoms with Gasteiger partial charge < -0.3 is 29.6 Å². The Morgan fingerprint density at radius 3 is 2.41 bits per heavy atom. The molecule has 0 unspecified atom stereocenters. The van der Waals surface area contributed by atoms with Gasteiger partial charge in [0.2, 0.25) is 11.8 Å². The Labute approximate surface area is 204 Å². The van der Waals surface area contributed by atoms with Crippen LogP contribution in [0.15, 0.2) is 0 Å². The molecule has 2 atom stereocenters. The molecule has 1 aliphatic heterocycles. The lowest BCUT2D eigenvalue weighted by Gasteiger charge is -2.44. The molecule has 0 spiro atoms. The van der Waals surface area contributed by atoms with E-state index in [4.69, 9.17) is 18.9 Å². The summed E-state index contributed by atoms with van der Waals surface area (Å²) in [5.41, 5.74) is -0.542. The number of carbonyl (C=O) groups is 5. The lowest BCUT2D eigenvalue weighted by atomic mass is 9.85. The fraction of sp³-hybridized carbons (Fsp3) is 0.773. The van der Waals surface area contributed by atoms with Crippen molar-refractivity contribution in [2.75, 3.05) is 32.6 Å². The van der Waals surface area contributed by atoms with E-state index in [1.165, 1.54) is 14.0 Å². The molecule has 0 aromatic heterocycles. The number of methoxy groups -OCH3 is 1. The number of amides is 2. The van der Waals surface area contributed by atoms with Gasteiger partial charge in [-0.1, -0.05) is 25.6 Å². The highest BCUT2D eigenvalue weighted by Crippen LogP contribution is 2.34. The van der Waals surface area contributed by atoms with Crippen molar-refractivity contribution in [2.45, 2.75) is 71.8 Å². The summed E-state index contributed by atoms with van der Waals surface area (Å²) in [5, 5.41) is 5.01. The van der Waals surface area contributed by atoms with E-state index in [1.54, 1.807) is 13.8 Å². The van der Waals surface area contributed by atoms with Crippen LogP contribution < -0.4 is 10.6 Å². The molecule has 2 amide bonds. The SMILES string of the molecule is COC(=O)[C@H](CSC(=O)CCCOC(C)=O)NC(=O)CCNC(=O)[C@@H]1OC(C)(C)OCC1(C)C. The third kappa shape index (κ3) is 10.8. The van der Waals surface area contributed by atoms with Crippen molar-refractivity contribution in [1.82, 2.24) is 10.6 Å². The molecule has 0 aromatic carbocycles. The van der Waals surface area contributed by atoms with Crippen molar-refractivity contribution in [3.63, 3.8) is 0 Å². The van der Waals surface area contributed by atoms with Crippen molar-refractivity contribution < 1.29 is 42.9 Å². The molecular weight excluding hydrogens is 468 g/mol. The molecule has 1 rings (SSSR count). The maximum atomic E-state index is 12.6. The summed E-state index contributed by atoms with van der Waals surface area (Å²) in [6.45, 7) is 8.98. The van der Waals surface area contributed by atoms with Gasteiger partial charge in [0.1, 0.15) is 12.1 Å². The van der Waals surface area contributed by atoms with E-state index in [1.807, 2.05) is 13.8 Å². The third-order valence-electron chi connectivity index (χ3n) is 4.86. The highest BCUT2D eigenvalue weighted by Gasteiger charge is 2.45. The molecular formula is C22H36N2O9S. The minimum absolute atomic E-state index is 0.00361. The maximum absolute atomic E-state index is 12.6. The van der Waals surface area contributed by atoms with Crippen LogP contribution in [0.3, 0.4) is 0 Å². The predicted octanol–water partition coefficient (Wildman–Crippen LogP) is 0.931. The second kappa shape index (κ2) is 13.6. The van der Waals surface area contributed by atoms with E-state index in [-0.39, 0.29) is 42.8 Å². The van der Waals surface area contributed by atoms with Crippen LogP contribution in [0, 0.1) is 5.41 Å². The summed E-state index contributed by atoms with van der Waals surface area (Å²) in [6, 6.07) is -1.02. The van der Waals surface area contributed by atoms with Gasteiger partial charge in [-0.15, -0.1) is 0 Å². The highest BCUT2D eigenvalue weighted by atomic mass is 32.2. The summed E-state index contributed by atoms with van der Waals surface area (Å²) in [5.74, 6) is -2.83. The number of ether oxygens (including phenoxy) is 4. The lowest BCUT2D eigenvalue weighted by Crippen LogP contribution is -2.56. The van der Waals surface area contributed by atoms with Gasteiger partial charge in [-0.25, -0.2) is 4.79 Å². The first-order valence-corrected chi connectivity index (χ1v) is 12.0. The maximum Gasteiger partial charge on any atom is 0.329 e. The Morgan fingerprint density at radius 2 is 1.79 bits per heavy atom. The molecule has 194 valence electrons. The second-order valence-corrected chi connectivity index (χ2v) is 10.1. The molecule has 0 aliphatic carbocycles. The Hall–Kier alpha value is -2.18. The molecule has 2 N–H and O–H groups in total. The largest absolute Gasteiger partial charge is 0.467 e. The molecule has 1 heterocycles. The molecule has 12 heteroatoms. The van der Waals surface area contributed by atoms with Crippen molar-refractivity contribution >= 4 is 40.6 Å². The zero-order valence-corrected chi connectivity index (χ0v) is 21.5. The molecule has 0 bridgehead atoms. The number of esters is 2. The fourth-order valence-electron chi connectivity index (χ4n) is 2.97. The summed E-state index contributed by atoms with van der Waals surface area (Å²) in [6.07, 6.45) is -0.295. The van der Waals surface area contributed by atoms with Crippen LogP contribution in [0.4, 0.5) is 0 Å². The van der Waals surface area contributed by atoms with Crippen LogP contribution >= 0.6 is 11.8 Å². The fourth-order valence-corrected chi connectivity index (χ4v) is 3.83. The number of nitrogens with one attached hydrogen (secondary N) is 2. The van der Waals surface area contributed by atoms with Gasteiger partial charge in [0.15, 0.2) is 10.9 Å². The zero-order chi connectivity index (χ0) is 25.9. The monoisotopic (exact) mass is 504 g/mol. The Balaban J connectivity index is 2.46. The van der Waals surface area contributed by atoms with Crippen LogP contribution in [0.25, 0.3) is 0 Å². The summed E-state index contributed by atoms with van der Waals surface area (Å²) in [4.78, 5) is 59.6. The first-order valence-electron chi connectivity index (χ1n) is 11.0. The van der Waals surface area contributed by atoms with Gasteiger partial charge in [-0.05, 0) is 20.3 Å². The van der Waals surface area contributed by atoms with Gasteiger partial charge >= 0.3 is 11.9 Å². The molecule has 1 saturated heterocycles. The Bertz CT molecular complexity index is 755. The topological polar surface area (TPSA) is 146 Å². The van der Waals surface area contributed by atoms with Crippen molar-refractivity contribution in [3.8, 4) is 0 Å². The number of hydrogen-bond acceptors (Lipinski definition) is 10. The summed E-state index contributed by atoms with van der Waals surface area (Å²) < 4.78 is 20.8. The van der Waals surface area contributed by atoms with E-state index in [0.29, 0.717) is 13.0 Å². The highest BCUT2D eigenvalue weighted by molar-refractivity contribution is 8.13. The summed E-state index contributed by atoms with van der Waals surface area (Å²) >= 11 is 0.883. The van der Waals surface area contributed by atoms with Crippen molar-refractivity contribution in [3.05, 3.63) is 0 Å². The number of carbonyl (C=O) groups excluding carboxylic acids is 5. The first-order chi connectivity index (χ1) is 15.8. The van der Waals surface area contributed by atoms with E-state index in [0.717, 1.165) is 11.8 Å². The molecule has 34 heavy (non-hydrogen) atoms. The van der Waals surface area contributed by atoms with E-state index < -0.39 is 41.2 Å². The van der Waals surface area contributed by atoms with Crippen LogP contribution in [-0.2, 0) is 42.9 Å². The molecule has 0 saturated carbocycles. The first kappa shape index (κ1) is 29.9. The van der Waals surface area contributed by atoms with Crippen LogP contribution in [0.1, 0.15) is 53.9 Å². The van der Waals surface area contributed by atoms with Crippen molar-refractivity contribution in [1.29, 1.82) is 0 Å². The van der Waals surface area contributed by atoms with Crippen LogP contribution in [-0.4, -0.2) is 79.4 Å². The summed E-state index contributed by atoms with van der Waals surface area (Å²) in [7, 11) is 1.18. The number of hydrogen-bond donors (Lipinski definition) is 2. The van der Waals surface area contributed by atoms with E-state index >= 15 is 0 Å².